The van der Waals surface area contributed by atoms with E-state index in [0.29, 0.717) is 12.8 Å². The highest BCUT2D eigenvalue weighted by Gasteiger charge is 2.34. The Hall–Kier alpha value is -2.14. The van der Waals surface area contributed by atoms with Crippen LogP contribution in [0.5, 0.6) is 0 Å². The van der Waals surface area contributed by atoms with Gasteiger partial charge in [0.25, 0.3) is 0 Å². The lowest BCUT2D eigenvalue weighted by Crippen LogP contribution is -2.42. The SMILES string of the molecule is Cc1cc(CN2CCC(O)(c3ccc(F)cc3)CC2)c(C)n1-c1ccccc1.Cl. The van der Waals surface area contributed by atoms with Crippen LogP contribution in [0.1, 0.15) is 35.4 Å². The van der Waals surface area contributed by atoms with Gasteiger partial charge in [0.2, 0.25) is 0 Å². The maximum absolute atomic E-state index is 13.2. The van der Waals surface area contributed by atoms with Gasteiger partial charge in [-0.2, -0.15) is 0 Å². The van der Waals surface area contributed by atoms with Crippen LogP contribution in [-0.4, -0.2) is 27.7 Å². The van der Waals surface area contributed by atoms with Crippen LogP contribution in [0.15, 0.2) is 60.7 Å². The van der Waals surface area contributed by atoms with Crippen molar-refractivity contribution in [3.63, 3.8) is 0 Å². The maximum Gasteiger partial charge on any atom is 0.123 e. The predicted octanol–water partition coefficient (Wildman–Crippen LogP) is 5.14. The summed E-state index contributed by atoms with van der Waals surface area (Å²) in [6, 6.07) is 19.0. The molecule has 1 saturated heterocycles. The molecule has 0 unspecified atom stereocenters. The summed E-state index contributed by atoms with van der Waals surface area (Å²) < 4.78 is 15.5. The Bertz CT molecular complexity index is 945. The van der Waals surface area contributed by atoms with Crippen molar-refractivity contribution in [1.29, 1.82) is 0 Å². The lowest BCUT2D eigenvalue weighted by atomic mass is 9.84. The molecule has 29 heavy (non-hydrogen) atoms. The van der Waals surface area contributed by atoms with Gasteiger partial charge in [0.15, 0.2) is 0 Å². The number of hydrogen-bond donors (Lipinski definition) is 1. The van der Waals surface area contributed by atoms with Crippen molar-refractivity contribution in [3.8, 4) is 5.69 Å². The van der Waals surface area contributed by atoms with Crippen LogP contribution in [0.25, 0.3) is 5.69 Å². The second-order valence-electron chi connectivity index (χ2n) is 7.88. The Morgan fingerprint density at radius 1 is 0.966 bits per heavy atom. The second-order valence-corrected chi connectivity index (χ2v) is 7.88. The van der Waals surface area contributed by atoms with Gasteiger partial charge in [0, 0.05) is 36.7 Å². The van der Waals surface area contributed by atoms with Crippen molar-refractivity contribution in [2.45, 2.75) is 38.8 Å². The summed E-state index contributed by atoms with van der Waals surface area (Å²) in [4.78, 5) is 2.40. The Balaban J connectivity index is 0.00000240. The molecule has 1 aliphatic rings. The number of nitrogens with zero attached hydrogens (tertiary/aromatic N) is 2. The highest BCUT2D eigenvalue weighted by molar-refractivity contribution is 5.85. The summed E-state index contributed by atoms with van der Waals surface area (Å²) in [5.41, 5.74) is 4.98. The molecule has 1 aliphatic heterocycles. The molecular formula is C24H28ClFN2O. The monoisotopic (exact) mass is 414 g/mol. The first-order valence-electron chi connectivity index (χ1n) is 9.90. The van der Waals surface area contributed by atoms with E-state index in [4.69, 9.17) is 0 Å². The topological polar surface area (TPSA) is 28.4 Å². The molecular weight excluding hydrogens is 387 g/mol. The minimum absolute atomic E-state index is 0. The third kappa shape index (κ3) is 4.40. The van der Waals surface area contributed by atoms with E-state index in [1.54, 1.807) is 12.1 Å². The number of aryl methyl sites for hydroxylation is 1. The zero-order chi connectivity index (χ0) is 19.7. The molecule has 1 fully saturated rings. The number of para-hydroxylation sites is 1. The largest absolute Gasteiger partial charge is 0.385 e. The van der Waals surface area contributed by atoms with Crippen molar-refractivity contribution < 1.29 is 9.50 Å². The van der Waals surface area contributed by atoms with Gasteiger partial charge >= 0.3 is 0 Å². The molecule has 4 rings (SSSR count). The Morgan fingerprint density at radius 2 is 1.59 bits per heavy atom. The number of aliphatic hydroxyl groups is 1. The fraction of sp³-hybridized carbons (Fsp3) is 0.333. The number of aromatic nitrogens is 1. The number of hydrogen-bond acceptors (Lipinski definition) is 2. The summed E-state index contributed by atoms with van der Waals surface area (Å²) in [7, 11) is 0. The molecule has 0 amide bonds. The van der Waals surface area contributed by atoms with Gasteiger partial charge in [-0.1, -0.05) is 30.3 Å². The third-order valence-electron chi connectivity index (χ3n) is 6.01. The van der Waals surface area contributed by atoms with E-state index in [2.05, 4.69) is 53.6 Å². The molecule has 0 atom stereocenters. The molecule has 5 heteroatoms. The second kappa shape index (κ2) is 8.70. The van der Waals surface area contributed by atoms with Crippen LogP contribution in [-0.2, 0) is 12.1 Å². The normalized spacial score (nSPS) is 16.4. The van der Waals surface area contributed by atoms with Crippen LogP contribution in [0.4, 0.5) is 4.39 Å². The molecule has 1 N–H and O–H groups in total. The summed E-state index contributed by atoms with van der Waals surface area (Å²) in [6.45, 7) is 6.85. The number of piperidine rings is 1. The van der Waals surface area contributed by atoms with Gasteiger partial charge in [-0.05, 0) is 68.1 Å². The van der Waals surface area contributed by atoms with Gasteiger partial charge in [-0.25, -0.2) is 4.39 Å². The van der Waals surface area contributed by atoms with Crippen LogP contribution in [0.2, 0.25) is 0 Å². The van der Waals surface area contributed by atoms with Crippen LogP contribution >= 0.6 is 12.4 Å². The van der Waals surface area contributed by atoms with Gasteiger partial charge in [-0.15, -0.1) is 12.4 Å². The quantitative estimate of drug-likeness (QED) is 0.640. The van der Waals surface area contributed by atoms with Crippen LogP contribution in [0.3, 0.4) is 0 Å². The molecule has 154 valence electrons. The van der Waals surface area contributed by atoms with Gasteiger partial charge in [0.1, 0.15) is 5.82 Å². The fourth-order valence-corrected chi connectivity index (χ4v) is 4.33. The van der Waals surface area contributed by atoms with Crippen LogP contribution < -0.4 is 0 Å². The smallest absolute Gasteiger partial charge is 0.123 e. The van der Waals surface area contributed by atoms with E-state index >= 15 is 0 Å². The highest BCUT2D eigenvalue weighted by Crippen LogP contribution is 2.34. The molecule has 1 aromatic heterocycles. The first-order valence-corrected chi connectivity index (χ1v) is 9.90. The number of likely N-dealkylation sites (tertiary alicyclic amines) is 1. The maximum atomic E-state index is 13.2. The molecule has 0 aliphatic carbocycles. The van der Waals surface area contributed by atoms with Gasteiger partial charge in [0.05, 0.1) is 5.60 Å². The third-order valence-corrected chi connectivity index (χ3v) is 6.01. The van der Waals surface area contributed by atoms with Gasteiger partial charge < -0.3 is 9.67 Å². The van der Waals surface area contributed by atoms with E-state index in [1.165, 1.54) is 34.8 Å². The molecule has 0 bridgehead atoms. The Labute approximate surface area is 178 Å². The van der Waals surface area contributed by atoms with Crippen LogP contribution in [0, 0.1) is 19.7 Å². The van der Waals surface area contributed by atoms with Crippen molar-refractivity contribution in [2.24, 2.45) is 0 Å². The average Bonchev–Trinajstić information content (AvgIpc) is 2.98. The minimum Gasteiger partial charge on any atom is -0.385 e. The Morgan fingerprint density at radius 3 is 2.21 bits per heavy atom. The standard InChI is InChI=1S/C24H27FN2O.ClH/c1-18-16-20(19(2)27(18)23-6-4-3-5-7-23)17-26-14-12-24(28,13-15-26)21-8-10-22(25)11-9-21;/h3-11,16,28H,12-15,17H2,1-2H3;1H. The van der Waals surface area contributed by atoms with E-state index in [-0.39, 0.29) is 18.2 Å². The van der Waals surface area contributed by atoms with Gasteiger partial charge in [-0.3, -0.25) is 4.90 Å². The molecule has 2 aromatic carbocycles. The molecule has 3 aromatic rings. The summed E-state index contributed by atoms with van der Waals surface area (Å²) >= 11 is 0. The highest BCUT2D eigenvalue weighted by atomic mass is 35.5. The average molecular weight is 415 g/mol. The van der Waals surface area contributed by atoms with E-state index in [0.717, 1.165) is 25.2 Å². The summed E-state index contributed by atoms with van der Waals surface area (Å²) in [5, 5.41) is 11.0. The first kappa shape index (κ1) is 21.6. The number of benzene rings is 2. The minimum atomic E-state index is -0.856. The molecule has 3 nitrogen and oxygen atoms in total. The number of rotatable bonds is 4. The van der Waals surface area contributed by atoms with E-state index in [9.17, 15) is 9.50 Å². The lowest BCUT2D eigenvalue weighted by Gasteiger charge is -2.38. The molecule has 0 saturated carbocycles. The van der Waals surface area contributed by atoms with E-state index in [1.807, 2.05) is 6.07 Å². The first-order chi connectivity index (χ1) is 13.5. The molecule has 0 spiro atoms. The summed E-state index contributed by atoms with van der Waals surface area (Å²) in [6.07, 6.45) is 1.33. The fourth-order valence-electron chi connectivity index (χ4n) is 4.33. The molecule has 0 radical (unpaired) electrons. The van der Waals surface area contributed by atoms with Crippen molar-refractivity contribution in [2.75, 3.05) is 13.1 Å². The predicted molar refractivity (Wildman–Crippen MR) is 117 cm³/mol. The Kier molecular flexibility index (Phi) is 6.47. The van der Waals surface area contributed by atoms with Crippen molar-refractivity contribution in [3.05, 3.63) is 89.0 Å². The van der Waals surface area contributed by atoms with E-state index < -0.39 is 5.60 Å². The lowest BCUT2D eigenvalue weighted by molar-refractivity contribution is -0.0278. The zero-order valence-corrected chi connectivity index (χ0v) is 17.8. The van der Waals surface area contributed by atoms with Crippen molar-refractivity contribution >= 4 is 12.4 Å². The molecule has 2 heterocycles. The zero-order valence-electron chi connectivity index (χ0n) is 16.9. The summed E-state index contributed by atoms with van der Waals surface area (Å²) in [5.74, 6) is -0.265. The number of halogens is 2. The van der Waals surface area contributed by atoms with Crippen molar-refractivity contribution in [1.82, 2.24) is 9.47 Å².